The molecule has 0 aliphatic carbocycles. The van der Waals surface area contributed by atoms with Gasteiger partial charge in [0.15, 0.2) is 21.4 Å². The maximum absolute atomic E-state index is 14.8. The Kier molecular flexibility index (Phi) is 6.07. The van der Waals surface area contributed by atoms with E-state index in [1.165, 1.54) is 19.9 Å². The Balaban J connectivity index is 1.46. The molecule has 190 valence electrons. The van der Waals surface area contributed by atoms with Crippen LogP contribution < -0.4 is 4.74 Å². The zero-order valence-electron chi connectivity index (χ0n) is 20.5. The normalized spacial score (nSPS) is 13.7. The Morgan fingerprint density at radius 2 is 1.81 bits per heavy atom. The third kappa shape index (κ3) is 4.60. The molecular formula is C27H24FN3O5S. The molecule has 37 heavy (non-hydrogen) atoms. The number of imidazole rings is 1. The number of Topliss-reactive ketones (excluding diaryl/α,β-unsaturated/α-hetero) is 1. The molecule has 0 spiro atoms. The van der Waals surface area contributed by atoms with Crippen molar-refractivity contribution in [2.24, 2.45) is 0 Å². The van der Waals surface area contributed by atoms with Gasteiger partial charge in [0.1, 0.15) is 23.1 Å². The minimum atomic E-state index is -3.76. The number of H-pyrrole nitrogens is 1. The van der Waals surface area contributed by atoms with Gasteiger partial charge >= 0.3 is 0 Å². The van der Waals surface area contributed by atoms with E-state index < -0.39 is 26.5 Å². The van der Waals surface area contributed by atoms with Crippen molar-refractivity contribution in [1.29, 1.82) is 0 Å². The van der Waals surface area contributed by atoms with Gasteiger partial charge < -0.3 is 14.6 Å². The van der Waals surface area contributed by atoms with Crippen molar-refractivity contribution < 1.29 is 27.1 Å². The highest BCUT2D eigenvalue weighted by molar-refractivity contribution is 7.90. The van der Waals surface area contributed by atoms with E-state index in [9.17, 15) is 22.4 Å². The zero-order chi connectivity index (χ0) is 26.5. The summed E-state index contributed by atoms with van der Waals surface area (Å²) >= 11 is 0. The maximum Gasteiger partial charge on any atom is 0.254 e. The number of carbonyl (C=O) groups excluding carboxylic acids is 2. The van der Waals surface area contributed by atoms with Crippen LogP contribution in [-0.4, -0.2) is 54.4 Å². The van der Waals surface area contributed by atoms with Crippen LogP contribution in [0.4, 0.5) is 4.39 Å². The van der Waals surface area contributed by atoms with Crippen LogP contribution in [0.2, 0.25) is 0 Å². The lowest BCUT2D eigenvalue weighted by Crippen LogP contribution is -2.33. The second kappa shape index (κ2) is 9.11. The third-order valence-corrected chi connectivity index (χ3v) is 7.57. The highest BCUT2D eigenvalue weighted by atomic mass is 32.2. The molecule has 1 aliphatic heterocycles. The lowest BCUT2D eigenvalue weighted by molar-refractivity contribution is 0.0731. The molecule has 1 aromatic heterocycles. The molecule has 4 aromatic rings. The van der Waals surface area contributed by atoms with Crippen LogP contribution in [0.1, 0.15) is 39.0 Å². The van der Waals surface area contributed by atoms with Crippen LogP contribution in [-0.2, 0) is 16.4 Å². The van der Waals surface area contributed by atoms with Gasteiger partial charge in [0, 0.05) is 30.9 Å². The molecule has 3 aromatic carbocycles. The number of halogens is 1. The molecule has 8 nitrogen and oxygen atoms in total. The molecule has 0 bridgehead atoms. The van der Waals surface area contributed by atoms with Crippen LogP contribution in [0.5, 0.6) is 5.75 Å². The van der Waals surface area contributed by atoms with Crippen LogP contribution in [0.15, 0.2) is 53.4 Å². The summed E-state index contributed by atoms with van der Waals surface area (Å²) in [6, 6.07) is 13.8. The molecule has 1 aliphatic rings. The number of benzene rings is 3. The molecule has 10 heteroatoms. The summed E-state index contributed by atoms with van der Waals surface area (Å²) in [5.74, 6) is -0.521. The Hall–Kier alpha value is -4.05. The summed E-state index contributed by atoms with van der Waals surface area (Å²) in [6.07, 6.45) is 0.930. The van der Waals surface area contributed by atoms with Crippen molar-refractivity contribution in [1.82, 2.24) is 14.9 Å². The van der Waals surface area contributed by atoms with E-state index >= 15 is 0 Å². The number of nitrogens with one attached hydrogen (secondary N) is 1. The van der Waals surface area contributed by atoms with Crippen molar-refractivity contribution in [3.63, 3.8) is 0 Å². The zero-order valence-corrected chi connectivity index (χ0v) is 21.3. The van der Waals surface area contributed by atoms with Crippen LogP contribution >= 0.6 is 0 Å². The third-order valence-electron chi connectivity index (χ3n) is 6.46. The standard InChI is InChI=1S/C27H24FN3O5S/c1-15-20(6-9-24(25(15)28)37(3,34)35)27(33)31-10-11-36-23-8-5-17(12-19(23)14-31)18-4-7-21-22(13-18)30-26(29-21)16(2)32/h4-9,12-13H,10-11,14H2,1-3H3,(H,29,30). The summed E-state index contributed by atoms with van der Waals surface area (Å²) in [6.45, 7) is 3.63. The van der Waals surface area contributed by atoms with E-state index in [0.29, 0.717) is 17.1 Å². The number of nitrogens with zero attached hydrogens (tertiary/aromatic N) is 2. The fourth-order valence-electron chi connectivity index (χ4n) is 4.45. The molecule has 0 saturated carbocycles. The SMILES string of the molecule is CC(=O)c1nc2ccc(-c3ccc4c(c3)CN(C(=O)c3ccc(S(C)(=O)=O)c(F)c3C)CCO4)cc2[nH]1. The van der Waals surface area contributed by atoms with Crippen molar-refractivity contribution >= 4 is 32.6 Å². The lowest BCUT2D eigenvalue weighted by Gasteiger charge is -2.21. The lowest BCUT2D eigenvalue weighted by atomic mass is 10.0. The number of hydrogen-bond donors (Lipinski definition) is 1. The van der Waals surface area contributed by atoms with Gasteiger partial charge in [-0.2, -0.15) is 0 Å². The predicted molar refractivity (Wildman–Crippen MR) is 136 cm³/mol. The molecule has 2 heterocycles. The number of hydrogen-bond acceptors (Lipinski definition) is 6. The number of aromatic amines is 1. The first-order chi connectivity index (χ1) is 17.5. The monoisotopic (exact) mass is 521 g/mol. The number of ketones is 1. The number of ether oxygens (including phenoxy) is 1. The van der Waals surface area contributed by atoms with E-state index in [0.717, 1.165) is 34.5 Å². The average Bonchev–Trinajstić information content (AvgIpc) is 3.17. The van der Waals surface area contributed by atoms with Gasteiger partial charge in [0.2, 0.25) is 0 Å². The van der Waals surface area contributed by atoms with Crippen molar-refractivity contribution in [3.8, 4) is 16.9 Å². The molecule has 1 amide bonds. The first-order valence-corrected chi connectivity index (χ1v) is 13.5. The predicted octanol–water partition coefficient (Wildman–Crippen LogP) is 4.32. The molecule has 0 radical (unpaired) electrons. The van der Waals surface area contributed by atoms with Gasteiger partial charge in [-0.15, -0.1) is 0 Å². The number of sulfone groups is 1. The molecule has 0 fully saturated rings. The summed E-state index contributed by atoms with van der Waals surface area (Å²) in [4.78, 5) is 33.5. The highest BCUT2D eigenvalue weighted by Gasteiger charge is 2.26. The average molecular weight is 522 g/mol. The molecule has 0 unspecified atom stereocenters. The number of fused-ring (bicyclic) bond motifs is 2. The minimum Gasteiger partial charge on any atom is -0.491 e. The number of aromatic nitrogens is 2. The molecule has 0 saturated heterocycles. The summed E-state index contributed by atoms with van der Waals surface area (Å²) in [5.41, 5.74) is 4.08. The van der Waals surface area contributed by atoms with E-state index in [4.69, 9.17) is 4.74 Å². The van der Waals surface area contributed by atoms with Crippen LogP contribution in [0.25, 0.3) is 22.2 Å². The summed E-state index contributed by atoms with van der Waals surface area (Å²) in [7, 11) is -3.76. The fraction of sp³-hybridized carbons (Fsp3) is 0.222. The number of amides is 1. The van der Waals surface area contributed by atoms with E-state index in [1.54, 1.807) is 4.90 Å². The topological polar surface area (TPSA) is 109 Å². The van der Waals surface area contributed by atoms with Crippen LogP contribution in [0, 0.1) is 12.7 Å². The van der Waals surface area contributed by atoms with Gasteiger partial charge in [-0.05, 0) is 60.0 Å². The minimum absolute atomic E-state index is 0.00939. The van der Waals surface area contributed by atoms with Gasteiger partial charge in [-0.25, -0.2) is 17.8 Å². The second-order valence-electron chi connectivity index (χ2n) is 9.09. The van der Waals surface area contributed by atoms with Crippen LogP contribution in [0.3, 0.4) is 0 Å². The first kappa shape index (κ1) is 24.6. The molecule has 1 N–H and O–H groups in total. The van der Waals surface area contributed by atoms with Crippen molar-refractivity contribution in [2.45, 2.75) is 25.3 Å². The molecule has 5 rings (SSSR count). The van der Waals surface area contributed by atoms with Gasteiger partial charge in [0.05, 0.1) is 17.6 Å². The fourth-order valence-corrected chi connectivity index (χ4v) is 5.25. The van der Waals surface area contributed by atoms with E-state index in [1.807, 2.05) is 36.4 Å². The second-order valence-corrected chi connectivity index (χ2v) is 11.1. The Bertz CT molecular complexity index is 1690. The number of carbonyl (C=O) groups is 2. The summed E-state index contributed by atoms with van der Waals surface area (Å²) < 4.78 is 44.4. The largest absolute Gasteiger partial charge is 0.491 e. The molecule has 0 atom stereocenters. The Labute approximate surface area is 213 Å². The first-order valence-electron chi connectivity index (χ1n) is 11.6. The quantitative estimate of drug-likeness (QED) is 0.401. The number of rotatable bonds is 4. The van der Waals surface area contributed by atoms with Gasteiger partial charge in [-0.1, -0.05) is 12.1 Å². The molecular weight excluding hydrogens is 497 g/mol. The van der Waals surface area contributed by atoms with Gasteiger partial charge in [-0.3, -0.25) is 9.59 Å². The van der Waals surface area contributed by atoms with Crippen molar-refractivity contribution in [2.75, 3.05) is 19.4 Å². The van der Waals surface area contributed by atoms with Gasteiger partial charge in [0.25, 0.3) is 5.91 Å². The smallest absolute Gasteiger partial charge is 0.254 e. The van der Waals surface area contributed by atoms with E-state index in [-0.39, 0.29) is 36.6 Å². The van der Waals surface area contributed by atoms with Crippen molar-refractivity contribution in [3.05, 3.63) is 76.9 Å². The Morgan fingerprint density at radius 1 is 1.08 bits per heavy atom. The van der Waals surface area contributed by atoms with E-state index in [2.05, 4.69) is 9.97 Å². The Morgan fingerprint density at radius 3 is 2.54 bits per heavy atom. The maximum atomic E-state index is 14.8. The highest BCUT2D eigenvalue weighted by Crippen LogP contribution is 2.31. The summed E-state index contributed by atoms with van der Waals surface area (Å²) in [5, 5.41) is 0.